The fourth-order valence-corrected chi connectivity index (χ4v) is 2.99. The third-order valence-electron chi connectivity index (χ3n) is 4.35. The van der Waals surface area contributed by atoms with Crippen molar-refractivity contribution >= 4 is 5.91 Å². The van der Waals surface area contributed by atoms with E-state index in [9.17, 15) is 14.7 Å². The number of hydrogen-bond donors (Lipinski definition) is 3. The number of aliphatic hydroxyl groups is 1. The lowest BCUT2D eigenvalue weighted by Crippen LogP contribution is -2.48. The summed E-state index contributed by atoms with van der Waals surface area (Å²) in [7, 11) is 0. The standard InChI is InChI=1S/C18H20N2O3/c21-14-10-13(11-14)16(9-12-5-2-1-3-6-12)20-18(23)15-7-4-8-17(22)19-15/h1-8,13-14,16,21H,9-11H2,(H,19,22)(H,20,23)/t13?,14?,16-/m1/s1. The van der Waals surface area contributed by atoms with E-state index < -0.39 is 0 Å². The third-order valence-corrected chi connectivity index (χ3v) is 4.35. The molecule has 1 aliphatic rings. The van der Waals surface area contributed by atoms with Gasteiger partial charge in [-0.25, -0.2) is 0 Å². The van der Waals surface area contributed by atoms with E-state index in [0.717, 1.165) is 5.56 Å². The summed E-state index contributed by atoms with van der Waals surface area (Å²) in [5.74, 6) is -0.0328. The molecule has 0 bridgehead atoms. The van der Waals surface area contributed by atoms with Crippen molar-refractivity contribution in [3.05, 3.63) is 70.1 Å². The Bertz CT molecular complexity index is 720. The Kier molecular flexibility index (Phi) is 4.57. The van der Waals surface area contributed by atoms with Crippen molar-refractivity contribution in [2.24, 2.45) is 5.92 Å². The van der Waals surface area contributed by atoms with Gasteiger partial charge >= 0.3 is 0 Å². The Morgan fingerprint density at radius 1 is 1.17 bits per heavy atom. The number of nitrogens with one attached hydrogen (secondary N) is 2. The quantitative estimate of drug-likeness (QED) is 0.782. The van der Waals surface area contributed by atoms with Gasteiger partial charge in [0.1, 0.15) is 5.69 Å². The molecular formula is C18H20N2O3. The zero-order valence-electron chi connectivity index (χ0n) is 12.7. The van der Waals surface area contributed by atoms with E-state index >= 15 is 0 Å². The van der Waals surface area contributed by atoms with Gasteiger partial charge < -0.3 is 15.4 Å². The maximum absolute atomic E-state index is 12.4. The first kappa shape index (κ1) is 15.5. The number of pyridine rings is 1. The highest BCUT2D eigenvalue weighted by Crippen LogP contribution is 2.31. The molecule has 1 amide bonds. The van der Waals surface area contributed by atoms with E-state index in [1.807, 2.05) is 30.3 Å². The summed E-state index contributed by atoms with van der Waals surface area (Å²) < 4.78 is 0. The number of H-pyrrole nitrogens is 1. The summed E-state index contributed by atoms with van der Waals surface area (Å²) in [6.45, 7) is 0. The molecule has 2 aromatic rings. The molecule has 1 saturated carbocycles. The van der Waals surface area contributed by atoms with E-state index in [4.69, 9.17) is 0 Å². The molecule has 0 aliphatic heterocycles. The maximum atomic E-state index is 12.4. The zero-order chi connectivity index (χ0) is 16.2. The Morgan fingerprint density at radius 2 is 1.91 bits per heavy atom. The fraction of sp³-hybridized carbons (Fsp3) is 0.333. The second-order valence-corrected chi connectivity index (χ2v) is 6.08. The number of aliphatic hydroxyl groups excluding tert-OH is 1. The summed E-state index contributed by atoms with van der Waals surface area (Å²) in [6, 6.07) is 14.4. The monoisotopic (exact) mass is 312 g/mol. The van der Waals surface area contributed by atoms with Gasteiger partial charge in [-0.05, 0) is 36.8 Å². The van der Waals surface area contributed by atoms with Crippen LogP contribution >= 0.6 is 0 Å². The van der Waals surface area contributed by atoms with Crippen molar-refractivity contribution in [2.45, 2.75) is 31.4 Å². The number of benzene rings is 1. The van der Waals surface area contributed by atoms with Crippen LogP contribution in [0.4, 0.5) is 0 Å². The second-order valence-electron chi connectivity index (χ2n) is 6.08. The smallest absolute Gasteiger partial charge is 0.268 e. The molecule has 3 rings (SSSR count). The molecule has 1 aliphatic carbocycles. The minimum Gasteiger partial charge on any atom is -0.393 e. The molecule has 1 fully saturated rings. The molecule has 0 radical (unpaired) electrons. The Labute approximate surface area is 134 Å². The van der Waals surface area contributed by atoms with E-state index in [0.29, 0.717) is 19.3 Å². The molecule has 1 atom stereocenters. The SMILES string of the molecule is O=C(N[C@H](Cc1ccccc1)C1CC(O)C1)c1cccc(=O)[nH]1. The van der Waals surface area contributed by atoms with Crippen LogP contribution in [0.25, 0.3) is 0 Å². The van der Waals surface area contributed by atoms with E-state index in [1.165, 1.54) is 6.07 Å². The molecule has 0 unspecified atom stereocenters. The highest BCUT2D eigenvalue weighted by molar-refractivity contribution is 5.92. The van der Waals surface area contributed by atoms with Crippen LogP contribution < -0.4 is 10.9 Å². The minimum atomic E-state index is -0.295. The van der Waals surface area contributed by atoms with Crippen LogP contribution in [-0.4, -0.2) is 28.1 Å². The van der Waals surface area contributed by atoms with Gasteiger partial charge in [0.15, 0.2) is 0 Å². The Balaban J connectivity index is 1.73. The van der Waals surface area contributed by atoms with Crippen molar-refractivity contribution in [3.63, 3.8) is 0 Å². The number of carbonyl (C=O) groups is 1. The molecule has 1 heterocycles. The van der Waals surface area contributed by atoms with Crippen LogP contribution in [-0.2, 0) is 6.42 Å². The molecule has 3 N–H and O–H groups in total. The fourth-order valence-electron chi connectivity index (χ4n) is 2.99. The summed E-state index contributed by atoms with van der Waals surface area (Å²) in [4.78, 5) is 26.3. The van der Waals surface area contributed by atoms with Crippen molar-refractivity contribution in [2.75, 3.05) is 0 Å². The number of aromatic amines is 1. The lowest BCUT2D eigenvalue weighted by Gasteiger charge is -2.38. The average Bonchev–Trinajstić information content (AvgIpc) is 2.52. The van der Waals surface area contributed by atoms with Crippen LogP contribution in [0.2, 0.25) is 0 Å². The van der Waals surface area contributed by atoms with Crippen molar-refractivity contribution in [1.82, 2.24) is 10.3 Å². The van der Waals surface area contributed by atoms with Gasteiger partial charge in [-0.3, -0.25) is 9.59 Å². The van der Waals surface area contributed by atoms with Crippen LogP contribution in [0.1, 0.15) is 28.9 Å². The van der Waals surface area contributed by atoms with Gasteiger partial charge in [-0.2, -0.15) is 0 Å². The first-order valence-electron chi connectivity index (χ1n) is 7.84. The molecule has 1 aromatic heterocycles. The van der Waals surface area contributed by atoms with Crippen molar-refractivity contribution < 1.29 is 9.90 Å². The highest BCUT2D eigenvalue weighted by Gasteiger charge is 2.34. The molecule has 1 aromatic carbocycles. The van der Waals surface area contributed by atoms with Gasteiger partial charge in [0.25, 0.3) is 5.91 Å². The van der Waals surface area contributed by atoms with Crippen LogP contribution in [0.5, 0.6) is 0 Å². The van der Waals surface area contributed by atoms with Crippen LogP contribution in [0, 0.1) is 5.92 Å². The molecule has 5 heteroatoms. The minimum absolute atomic E-state index is 0.0583. The summed E-state index contributed by atoms with van der Waals surface area (Å²) in [5, 5.41) is 12.6. The van der Waals surface area contributed by atoms with Gasteiger partial charge in [-0.1, -0.05) is 36.4 Å². The molecule has 120 valence electrons. The largest absolute Gasteiger partial charge is 0.393 e. The average molecular weight is 312 g/mol. The van der Waals surface area contributed by atoms with Gasteiger partial charge in [0.05, 0.1) is 6.10 Å². The number of hydrogen-bond acceptors (Lipinski definition) is 3. The normalized spacial score (nSPS) is 21.3. The van der Waals surface area contributed by atoms with Crippen LogP contribution in [0.3, 0.4) is 0 Å². The summed E-state index contributed by atoms with van der Waals surface area (Å²) in [6.07, 6.45) is 1.83. The first-order valence-corrected chi connectivity index (χ1v) is 7.84. The summed E-state index contributed by atoms with van der Waals surface area (Å²) >= 11 is 0. The lowest BCUT2D eigenvalue weighted by molar-refractivity contribution is 0.0239. The number of carbonyl (C=O) groups excluding carboxylic acids is 1. The molecule has 0 spiro atoms. The van der Waals surface area contributed by atoms with E-state index in [2.05, 4.69) is 10.3 Å². The topological polar surface area (TPSA) is 82.2 Å². The number of amides is 1. The first-order chi connectivity index (χ1) is 11.1. The van der Waals surface area contributed by atoms with Crippen molar-refractivity contribution in [1.29, 1.82) is 0 Å². The Hall–Kier alpha value is -2.40. The van der Waals surface area contributed by atoms with Gasteiger partial charge in [-0.15, -0.1) is 0 Å². The zero-order valence-corrected chi connectivity index (χ0v) is 12.7. The summed E-state index contributed by atoms with van der Waals surface area (Å²) in [5.41, 5.74) is 1.10. The Morgan fingerprint density at radius 3 is 2.57 bits per heavy atom. The predicted molar refractivity (Wildman–Crippen MR) is 87.2 cm³/mol. The predicted octanol–water partition coefficient (Wildman–Crippen LogP) is 1.49. The number of aromatic nitrogens is 1. The maximum Gasteiger partial charge on any atom is 0.268 e. The lowest BCUT2D eigenvalue weighted by atomic mass is 9.75. The van der Waals surface area contributed by atoms with Gasteiger partial charge in [0.2, 0.25) is 5.56 Å². The molecule has 0 saturated heterocycles. The second kappa shape index (κ2) is 6.79. The van der Waals surface area contributed by atoms with Crippen LogP contribution in [0.15, 0.2) is 53.3 Å². The highest BCUT2D eigenvalue weighted by atomic mass is 16.3. The van der Waals surface area contributed by atoms with E-state index in [1.54, 1.807) is 12.1 Å². The third kappa shape index (κ3) is 3.87. The molecule has 5 nitrogen and oxygen atoms in total. The number of rotatable bonds is 5. The van der Waals surface area contributed by atoms with Gasteiger partial charge in [0, 0.05) is 12.1 Å². The molecular weight excluding hydrogens is 292 g/mol. The van der Waals surface area contributed by atoms with Crippen molar-refractivity contribution in [3.8, 4) is 0 Å². The molecule has 23 heavy (non-hydrogen) atoms. The van der Waals surface area contributed by atoms with E-state index in [-0.39, 0.29) is 35.2 Å².